The summed E-state index contributed by atoms with van der Waals surface area (Å²) >= 11 is 0. The average Bonchev–Trinajstić information content (AvgIpc) is 2.17. The molecule has 4 heteroatoms. The fraction of sp³-hybridized carbons (Fsp3) is 0.300. The summed E-state index contributed by atoms with van der Waals surface area (Å²) in [6.45, 7) is 0.553. The van der Waals surface area contributed by atoms with Crippen molar-refractivity contribution in [1.29, 1.82) is 0 Å². The molecular formula is C10H10FNO2. The molecule has 1 aliphatic rings. The highest BCUT2D eigenvalue weighted by atomic mass is 19.1. The van der Waals surface area contributed by atoms with Crippen molar-refractivity contribution in [1.82, 2.24) is 5.32 Å². The first-order valence-corrected chi connectivity index (χ1v) is 4.42. The predicted octanol–water partition coefficient (Wildman–Crippen LogP) is 1.50. The molecule has 1 aromatic rings. The summed E-state index contributed by atoms with van der Waals surface area (Å²) in [5, 5.41) is 11.5. The minimum atomic E-state index is -1.36. The Hall–Kier alpha value is -1.42. The molecule has 0 bridgehead atoms. The van der Waals surface area contributed by atoms with Gasteiger partial charge in [0.25, 0.3) is 0 Å². The van der Waals surface area contributed by atoms with Crippen LogP contribution in [-0.2, 0) is 6.42 Å². The van der Waals surface area contributed by atoms with Crippen molar-refractivity contribution < 1.29 is 14.3 Å². The number of carboxylic acid groups (broad SMARTS) is 1. The van der Waals surface area contributed by atoms with Crippen LogP contribution >= 0.6 is 0 Å². The largest absolute Gasteiger partial charge is 0.478 e. The number of fused-ring (bicyclic) bond motifs is 1. The zero-order valence-electron chi connectivity index (χ0n) is 7.46. The van der Waals surface area contributed by atoms with Gasteiger partial charge in [0.1, 0.15) is 0 Å². The zero-order valence-corrected chi connectivity index (χ0v) is 7.46. The third-order valence-corrected chi connectivity index (χ3v) is 2.40. The van der Waals surface area contributed by atoms with Crippen LogP contribution in [0.25, 0.3) is 0 Å². The van der Waals surface area contributed by atoms with Crippen LogP contribution < -0.4 is 5.32 Å². The van der Waals surface area contributed by atoms with E-state index in [0.717, 1.165) is 5.56 Å². The number of rotatable bonds is 1. The lowest BCUT2D eigenvalue weighted by molar-refractivity contribution is 0.0691. The monoisotopic (exact) mass is 195 g/mol. The van der Waals surface area contributed by atoms with E-state index in [4.69, 9.17) is 5.11 Å². The maximum absolute atomic E-state index is 13.4. The van der Waals surface area contributed by atoms with Gasteiger partial charge in [0, 0.05) is 12.1 Å². The maximum Gasteiger partial charge on any atom is 0.336 e. The van der Waals surface area contributed by atoms with Crippen molar-refractivity contribution >= 4 is 5.97 Å². The van der Waals surface area contributed by atoms with Gasteiger partial charge < -0.3 is 5.11 Å². The summed E-state index contributed by atoms with van der Waals surface area (Å²) in [4.78, 5) is 10.8. The van der Waals surface area contributed by atoms with E-state index >= 15 is 0 Å². The molecule has 0 spiro atoms. The highest BCUT2D eigenvalue weighted by Crippen LogP contribution is 2.27. The highest BCUT2D eigenvalue weighted by molar-refractivity contribution is 5.90. The summed E-state index contributed by atoms with van der Waals surface area (Å²) in [6.07, 6.45) is -0.678. The maximum atomic E-state index is 13.4. The normalized spacial score (nSPS) is 20.2. The molecule has 1 aromatic carbocycles. The first-order valence-electron chi connectivity index (χ1n) is 4.42. The van der Waals surface area contributed by atoms with Gasteiger partial charge in [0.2, 0.25) is 0 Å². The van der Waals surface area contributed by atoms with E-state index in [9.17, 15) is 9.18 Å². The molecule has 0 radical (unpaired) electrons. The topological polar surface area (TPSA) is 49.3 Å². The number of hydrogen-bond acceptors (Lipinski definition) is 2. The van der Waals surface area contributed by atoms with Crippen molar-refractivity contribution in [2.24, 2.45) is 0 Å². The molecule has 14 heavy (non-hydrogen) atoms. The predicted molar refractivity (Wildman–Crippen MR) is 49.0 cm³/mol. The van der Waals surface area contributed by atoms with Crippen LogP contribution in [0, 0.1) is 0 Å². The number of halogens is 1. The van der Waals surface area contributed by atoms with E-state index in [2.05, 4.69) is 5.32 Å². The Kier molecular flexibility index (Phi) is 2.21. The molecule has 1 atom stereocenters. The zero-order chi connectivity index (χ0) is 10.1. The van der Waals surface area contributed by atoms with Crippen LogP contribution in [0.15, 0.2) is 18.2 Å². The molecule has 2 rings (SSSR count). The summed E-state index contributed by atoms with van der Waals surface area (Å²) in [5.74, 6) is -1.08. The molecular weight excluding hydrogens is 185 g/mol. The Labute approximate surface area is 80.6 Å². The van der Waals surface area contributed by atoms with Gasteiger partial charge in [-0.1, -0.05) is 12.1 Å². The quantitative estimate of drug-likeness (QED) is 0.667. The number of benzene rings is 1. The summed E-state index contributed by atoms with van der Waals surface area (Å²) < 4.78 is 13.4. The Bertz CT molecular complexity index is 378. The minimum absolute atomic E-state index is 0.0576. The molecule has 1 aliphatic heterocycles. The van der Waals surface area contributed by atoms with E-state index < -0.39 is 12.3 Å². The fourth-order valence-corrected chi connectivity index (χ4v) is 1.75. The van der Waals surface area contributed by atoms with Gasteiger partial charge >= 0.3 is 5.97 Å². The minimum Gasteiger partial charge on any atom is -0.478 e. The van der Waals surface area contributed by atoms with Crippen LogP contribution in [0.4, 0.5) is 4.39 Å². The second-order valence-electron chi connectivity index (χ2n) is 3.25. The summed E-state index contributed by atoms with van der Waals surface area (Å²) in [6, 6.07) is 4.86. The molecule has 0 saturated heterocycles. The number of carboxylic acids is 1. The standard InChI is InChI=1S/C10H10FNO2/c11-9-8-6(4-5-12-9)2-1-3-7(8)10(13)14/h1-3,9,12H,4-5H2,(H,13,14). The van der Waals surface area contributed by atoms with Crippen molar-refractivity contribution in [2.75, 3.05) is 6.54 Å². The molecule has 1 unspecified atom stereocenters. The van der Waals surface area contributed by atoms with Crippen molar-refractivity contribution in [3.05, 3.63) is 34.9 Å². The first-order chi connectivity index (χ1) is 6.70. The molecule has 0 fully saturated rings. The van der Waals surface area contributed by atoms with Crippen LogP contribution in [0.2, 0.25) is 0 Å². The molecule has 1 heterocycles. The number of carbonyl (C=O) groups is 1. The molecule has 0 saturated carbocycles. The lowest BCUT2D eigenvalue weighted by Gasteiger charge is -2.22. The molecule has 74 valence electrons. The SMILES string of the molecule is O=C(O)c1cccc2c1C(F)NCC2. The van der Waals surface area contributed by atoms with E-state index in [0.29, 0.717) is 13.0 Å². The first kappa shape index (κ1) is 9.15. The number of nitrogens with one attached hydrogen (secondary N) is 1. The van der Waals surface area contributed by atoms with Crippen LogP contribution in [0.1, 0.15) is 27.8 Å². The molecule has 3 nitrogen and oxygen atoms in total. The van der Waals surface area contributed by atoms with Gasteiger partial charge in [-0.2, -0.15) is 0 Å². The third kappa shape index (κ3) is 1.37. The smallest absolute Gasteiger partial charge is 0.336 e. The van der Waals surface area contributed by atoms with Crippen molar-refractivity contribution in [3.8, 4) is 0 Å². The van der Waals surface area contributed by atoms with E-state index in [1.807, 2.05) is 0 Å². The molecule has 0 amide bonds. The van der Waals surface area contributed by atoms with Gasteiger partial charge in [-0.05, 0) is 18.1 Å². The summed E-state index contributed by atoms with van der Waals surface area (Å²) in [7, 11) is 0. The van der Waals surface area contributed by atoms with E-state index in [1.54, 1.807) is 12.1 Å². The van der Waals surface area contributed by atoms with Crippen molar-refractivity contribution in [3.63, 3.8) is 0 Å². The molecule has 0 aliphatic carbocycles. The van der Waals surface area contributed by atoms with Gasteiger partial charge in [-0.15, -0.1) is 0 Å². The number of aromatic carboxylic acids is 1. The Morgan fingerprint density at radius 2 is 2.36 bits per heavy atom. The summed E-state index contributed by atoms with van der Waals surface area (Å²) in [5.41, 5.74) is 1.13. The van der Waals surface area contributed by atoms with E-state index in [-0.39, 0.29) is 11.1 Å². The van der Waals surface area contributed by atoms with Crippen LogP contribution in [-0.4, -0.2) is 17.6 Å². The van der Waals surface area contributed by atoms with Gasteiger partial charge in [-0.3, -0.25) is 5.32 Å². The van der Waals surface area contributed by atoms with Gasteiger partial charge in [-0.25, -0.2) is 9.18 Å². The number of alkyl halides is 1. The second-order valence-corrected chi connectivity index (χ2v) is 3.25. The Morgan fingerprint density at radius 3 is 3.07 bits per heavy atom. The van der Waals surface area contributed by atoms with Gasteiger partial charge in [0.05, 0.1) is 5.56 Å². The molecule has 2 N–H and O–H groups in total. The fourth-order valence-electron chi connectivity index (χ4n) is 1.75. The third-order valence-electron chi connectivity index (χ3n) is 2.40. The lowest BCUT2D eigenvalue weighted by Crippen LogP contribution is -2.28. The van der Waals surface area contributed by atoms with E-state index in [1.165, 1.54) is 6.07 Å². The number of hydrogen-bond donors (Lipinski definition) is 2. The Balaban J connectivity index is 2.57. The van der Waals surface area contributed by atoms with Gasteiger partial charge in [0.15, 0.2) is 6.30 Å². The average molecular weight is 195 g/mol. The Morgan fingerprint density at radius 1 is 1.57 bits per heavy atom. The van der Waals surface area contributed by atoms with Crippen LogP contribution in [0.3, 0.4) is 0 Å². The lowest BCUT2D eigenvalue weighted by atomic mass is 9.95. The second kappa shape index (κ2) is 3.38. The van der Waals surface area contributed by atoms with Crippen molar-refractivity contribution in [2.45, 2.75) is 12.7 Å². The molecule has 0 aromatic heterocycles. The highest BCUT2D eigenvalue weighted by Gasteiger charge is 2.24. The van der Waals surface area contributed by atoms with Crippen LogP contribution in [0.5, 0.6) is 0 Å².